The van der Waals surface area contributed by atoms with E-state index in [9.17, 15) is 4.79 Å². The van der Waals surface area contributed by atoms with E-state index in [1.54, 1.807) is 11.3 Å². The minimum absolute atomic E-state index is 0.357. The zero-order chi connectivity index (χ0) is 13.5. The van der Waals surface area contributed by atoms with Crippen molar-refractivity contribution in [3.05, 3.63) is 35.7 Å². The molecular weight excluding hydrogens is 246 g/mol. The molecule has 0 aliphatic carbocycles. The summed E-state index contributed by atoms with van der Waals surface area (Å²) in [5.74, 6) is -0.556. The minimum atomic E-state index is -0.913. The second kappa shape index (κ2) is 7.13. The monoisotopic (exact) mass is 265 g/mol. The SMILES string of the molecule is CC(C)C[C@H](N)C(=O)O.c1ccc2sccc2c1. The number of aliphatic carboxylic acids is 1. The van der Waals surface area contributed by atoms with Crippen LogP contribution in [-0.2, 0) is 4.79 Å². The summed E-state index contributed by atoms with van der Waals surface area (Å²) in [6.07, 6.45) is 0.551. The van der Waals surface area contributed by atoms with Gasteiger partial charge in [-0.3, -0.25) is 4.79 Å². The summed E-state index contributed by atoms with van der Waals surface area (Å²) in [7, 11) is 0. The molecule has 98 valence electrons. The van der Waals surface area contributed by atoms with Crippen molar-refractivity contribution in [1.29, 1.82) is 0 Å². The fourth-order valence-corrected chi connectivity index (χ4v) is 2.31. The van der Waals surface area contributed by atoms with Crippen molar-refractivity contribution in [2.24, 2.45) is 11.7 Å². The number of benzene rings is 1. The van der Waals surface area contributed by atoms with Gasteiger partial charge in [0, 0.05) is 4.70 Å². The molecule has 0 saturated heterocycles. The van der Waals surface area contributed by atoms with Crippen LogP contribution in [0, 0.1) is 5.92 Å². The quantitative estimate of drug-likeness (QED) is 0.894. The highest BCUT2D eigenvalue weighted by Crippen LogP contribution is 2.18. The third-order valence-electron chi connectivity index (χ3n) is 2.40. The number of hydrogen-bond donors (Lipinski definition) is 2. The molecule has 0 bridgehead atoms. The van der Waals surface area contributed by atoms with Gasteiger partial charge in [-0.15, -0.1) is 11.3 Å². The number of hydrogen-bond acceptors (Lipinski definition) is 3. The molecule has 1 heterocycles. The lowest BCUT2D eigenvalue weighted by Gasteiger charge is -2.07. The third kappa shape index (κ3) is 4.85. The highest BCUT2D eigenvalue weighted by molar-refractivity contribution is 7.17. The Balaban J connectivity index is 0.000000180. The normalized spacial score (nSPS) is 12.0. The molecule has 0 amide bonds. The highest BCUT2D eigenvalue weighted by Gasteiger charge is 2.11. The fourth-order valence-electron chi connectivity index (χ4n) is 1.51. The zero-order valence-corrected chi connectivity index (χ0v) is 11.5. The largest absolute Gasteiger partial charge is 0.480 e. The van der Waals surface area contributed by atoms with Crippen LogP contribution < -0.4 is 5.73 Å². The molecule has 1 aromatic heterocycles. The van der Waals surface area contributed by atoms with Gasteiger partial charge >= 0.3 is 5.97 Å². The predicted molar refractivity (Wildman–Crippen MR) is 76.9 cm³/mol. The van der Waals surface area contributed by atoms with E-state index in [0.29, 0.717) is 12.3 Å². The molecule has 3 nitrogen and oxygen atoms in total. The molecule has 2 rings (SSSR count). The average Bonchev–Trinajstić information content (AvgIpc) is 2.76. The van der Waals surface area contributed by atoms with Crippen molar-refractivity contribution in [3.8, 4) is 0 Å². The molecule has 2 aromatic rings. The van der Waals surface area contributed by atoms with Crippen LogP contribution in [0.1, 0.15) is 20.3 Å². The van der Waals surface area contributed by atoms with Gasteiger partial charge in [0.05, 0.1) is 0 Å². The average molecular weight is 265 g/mol. The smallest absolute Gasteiger partial charge is 0.320 e. The number of carbonyl (C=O) groups is 1. The maximum Gasteiger partial charge on any atom is 0.320 e. The number of rotatable bonds is 3. The summed E-state index contributed by atoms with van der Waals surface area (Å²) in [5.41, 5.74) is 5.22. The van der Waals surface area contributed by atoms with Gasteiger partial charge in [0.25, 0.3) is 0 Å². The Hall–Kier alpha value is -1.39. The zero-order valence-electron chi connectivity index (χ0n) is 10.7. The van der Waals surface area contributed by atoms with Gasteiger partial charge in [-0.2, -0.15) is 0 Å². The molecule has 18 heavy (non-hydrogen) atoms. The molecule has 0 spiro atoms. The number of nitrogens with two attached hydrogens (primary N) is 1. The Morgan fingerprint density at radius 1 is 1.33 bits per heavy atom. The first kappa shape index (κ1) is 14.7. The molecule has 0 radical (unpaired) electrons. The van der Waals surface area contributed by atoms with Gasteiger partial charge in [0.1, 0.15) is 6.04 Å². The fraction of sp³-hybridized carbons (Fsp3) is 0.357. The first-order valence-electron chi connectivity index (χ1n) is 5.91. The summed E-state index contributed by atoms with van der Waals surface area (Å²) in [5, 5.41) is 11.8. The van der Waals surface area contributed by atoms with E-state index < -0.39 is 12.0 Å². The van der Waals surface area contributed by atoms with E-state index in [4.69, 9.17) is 10.8 Å². The van der Waals surface area contributed by atoms with E-state index in [-0.39, 0.29) is 0 Å². The standard InChI is InChI=1S/C8H6S.C6H13NO2/c1-2-4-8-7(3-1)5-6-9-8;1-4(2)3-5(7)6(8)9/h1-6H;4-5H,3,7H2,1-2H3,(H,8,9)/t;5-/m.0/s1. The number of thiophene rings is 1. The van der Waals surface area contributed by atoms with Crippen LogP contribution in [0.25, 0.3) is 10.1 Å². The predicted octanol–water partition coefficient (Wildman–Crippen LogP) is 3.35. The van der Waals surface area contributed by atoms with E-state index in [0.717, 1.165) is 0 Å². The lowest BCUT2D eigenvalue weighted by atomic mass is 10.1. The maximum absolute atomic E-state index is 10.1. The van der Waals surface area contributed by atoms with Gasteiger partial charge in [-0.1, -0.05) is 32.0 Å². The molecule has 1 atom stereocenters. The Kier molecular flexibility index (Phi) is 5.82. The number of carboxylic acid groups (broad SMARTS) is 1. The molecule has 3 N–H and O–H groups in total. The van der Waals surface area contributed by atoms with Crippen LogP contribution in [-0.4, -0.2) is 17.1 Å². The molecule has 1 aromatic carbocycles. The first-order valence-corrected chi connectivity index (χ1v) is 6.79. The van der Waals surface area contributed by atoms with Crippen LogP contribution >= 0.6 is 11.3 Å². The van der Waals surface area contributed by atoms with Crippen molar-refractivity contribution in [2.75, 3.05) is 0 Å². The van der Waals surface area contributed by atoms with Gasteiger partial charge in [-0.05, 0) is 35.2 Å². The summed E-state index contributed by atoms with van der Waals surface area (Å²) in [6.45, 7) is 3.89. The molecule has 0 aliphatic heterocycles. The van der Waals surface area contributed by atoms with E-state index in [2.05, 4.69) is 35.7 Å². The minimum Gasteiger partial charge on any atom is -0.480 e. The lowest BCUT2D eigenvalue weighted by Crippen LogP contribution is -2.31. The van der Waals surface area contributed by atoms with Crippen molar-refractivity contribution in [2.45, 2.75) is 26.3 Å². The van der Waals surface area contributed by atoms with Gasteiger partial charge < -0.3 is 10.8 Å². The van der Waals surface area contributed by atoms with Crippen molar-refractivity contribution < 1.29 is 9.90 Å². The van der Waals surface area contributed by atoms with E-state index >= 15 is 0 Å². The molecule has 0 saturated carbocycles. The van der Waals surface area contributed by atoms with Crippen LogP contribution in [0.3, 0.4) is 0 Å². The molecule has 0 aliphatic rings. The Morgan fingerprint density at radius 2 is 2.00 bits per heavy atom. The molecule has 0 unspecified atom stereocenters. The van der Waals surface area contributed by atoms with Crippen LogP contribution in [0.5, 0.6) is 0 Å². The lowest BCUT2D eigenvalue weighted by molar-refractivity contribution is -0.138. The van der Waals surface area contributed by atoms with Gasteiger partial charge in [0.2, 0.25) is 0 Å². The second-order valence-electron chi connectivity index (χ2n) is 4.53. The summed E-state index contributed by atoms with van der Waals surface area (Å²) >= 11 is 1.79. The van der Waals surface area contributed by atoms with Crippen LogP contribution in [0.4, 0.5) is 0 Å². The second-order valence-corrected chi connectivity index (χ2v) is 5.48. The highest BCUT2D eigenvalue weighted by atomic mass is 32.1. The van der Waals surface area contributed by atoms with Crippen LogP contribution in [0.15, 0.2) is 35.7 Å². The van der Waals surface area contributed by atoms with Crippen molar-refractivity contribution >= 4 is 27.4 Å². The number of carboxylic acids is 1. The Morgan fingerprint density at radius 3 is 2.50 bits per heavy atom. The molecular formula is C14H19NO2S. The third-order valence-corrected chi connectivity index (χ3v) is 3.30. The first-order chi connectivity index (χ1) is 8.50. The van der Waals surface area contributed by atoms with Crippen molar-refractivity contribution in [3.63, 3.8) is 0 Å². The summed E-state index contributed by atoms with van der Waals surface area (Å²) < 4.78 is 1.37. The van der Waals surface area contributed by atoms with E-state index in [1.165, 1.54) is 10.1 Å². The van der Waals surface area contributed by atoms with Gasteiger partial charge in [0.15, 0.2) is 0 Å². The van der Waals surface area contributed by atoms with Crippen molar-refractivity contribution in [1.82, 2.24) is 0 Å². The number of fused-ring (bicyclic) bond motifs is 1. The Bertz CT molecular complexity index is 463. The van der Waals surface area contributed by atoms with Crippen LogP contribution in [0.2, 0.25) is 0 Å². The Labute approximate surface area is 111 Å². The topological polar surface area (TPSA) is 63.3 Å². The summed E-state index contributed by atoms with van der Waals surface area (Å²) in [6, 6.07) is 9.85. The molecule has 0 fully saturated rings. The molecule has 4 heteroatoms. The van der Waals surface area contributed by atoms with Gasteiger partial charge in [-0.25, -0.2) is 0 Å². The maximum atomic E-state index is 10.1. The summed E-state index contributed by atoms with van der Waals surface area (Å²) in [4.78, 5) is 10.1. The van der Waals surface area contributed by atoms with E-state index in [1.807, 2.05) is 13.8 Å².